The lowest BCUT2D eigenvalue weighted by Crippen LogP contribution is -2.57. The van der Waals surface area contributed by atoms with Crippen LogP contribution in [0.1, 0.15) is 0 Å². The van der Waals surface area contributed by atoms with Crippen LogP contribution in [0.2, 0.25) is 0 Å². The largest absolute Gasteiger partial charge is 0.458 e. The molecule has 34 heavy (non-hydrogen) atoms. The Morgan fingerprint density at radius 2 is 1.24 bits per heavy atom. The Morgan fingerprint density at radius 1 is 0.529 bits per heavy atom. The number of hydrogen-bond donors (Lipinski definition) is 0. The second kappa shape index (κ2) is 6.55. The Balaban J connectivity index is 1.40. The normalized spacial score (nSPS) is 13.1. The van der Waals surface area contributed by atoms with Crippen LogP contribution in [0, 0.1) is 0 Å². The summed E-state index contributed by atoms with van der Waals surface area (Å²) in [6, 6.07) is 35.4. The summed E-state index contributed by atoms with van der Waals surface area (Å²) in [6.45, 7) is 0.0557. The highest BCUT2D eigenvalue weighted by molar-refractivity contribution is 6.98. The molecule has 6 aromatic rings. The van der Waals surface area contributed by atoms with Gasteiger partial charge >= 0.3 is 0 Å². The minimum Gasteiger partial charge on any atom is -0.458 e. The number of ether oxygens (including phenoxy) is 2. The predicted molar refractivity (Wildman–Crippen MR) is 137 cm³/mol. The highest BCUT2D eigenvalue weighted by Gasteiger charge is 2.39. The van der Waals surface area contributed by atoms with E-state index in [-0.39, 0.29) is 6.71 Å². The maximum absolute atomic E-state index is 6.37. The first-order chi connectivity index (χ1) is 16.8. The fourth-order valence-electron chi connectivity index (χ4n) is 5.56. The van der Waals surface area contributed by atoms with Crippen LogP contribution in [-0.2, 0) is 0 Å². The van der Waals surface area contributed by atoms with Crippen molar-refractivity contribution in [1.29, 1.82) is 0 Å². The van der Waals surface area contributed by atoms with Gasteiger partial charge in [-0.3, -0.25) is 0 Å². The van der Waals surface area contributed by atoms with E-state index in [2.05, 4.69) is 54.6 Å². The molecule has 0 bridgehead atoms. The van der Waals surface area contributed by atoms with E-state index in [1.54, 1.807) is 0 Å². The average molecular weight is 436 g/mol. The molecule has 2 aliphatic heterocycles. The molecule has 0 aliphatic carbocycles. The molecule has 2 aliphatic rings. The molecule has 0 unspecified atom stereocenters. The van der Waals surface area contributed by atoms with E-state index in [1.165, 1.54) is 0 Å². The summed E-state index contributed by atoms with van der Waals surface area (Å²) in [6.07, 6.45) is 0. The predicted octanol–water partition coefficient (Wildman–Crippen LogP) is 5.98. The summed E-state index contributed by atoms with van der Waals surface area (Å²) in [4.78, 5) is 0. The number of para-hydroxylation sites is 2. The highest BCUT2D eigenvalue weighted by Crippen LogP contribution is 2.39. The molecule has 0 amide bonds. The average Bonchev–Trinajstić information content (AvgIpc) is 3.27. The zero-order valence-corrected chi connectivity index (χ0v) is 18.1. The monoisotopic (exact) mass is 436 g/mol. The van der Waals surface area contributed by atoms with Gasteiger partial charge in [-0.2, -0.15) is 0 Å². The lowest BCUT2D eigenvalue weighted by atomic mass is 9.35. The molecule has 8 rings (SSSR count). The zero-order chi connectivity index (χ0) is 22.2. The van der Waals surface area contributed by atoms with Gasteiger partial charge in [-0.05, 0) is 58.5 Å². The van der Waals surface area contributed by atoms with Crippen molar-refractivity contribution in [3.8, 4) is 34.1 Å². The minimum absolute atomic E-state index is 0.0557. The van der Waals surface area contributed by atoms with Crippen molar-refractivity contribution in [2.45, 2.75) is 0 Å². The molecule has 0 saturated heterocycles. The van der Waals surface area contributed by atoms with Crippen LogP contribution in [0.3, 0.4) is 0 Å². The molecule has 0 N–H and O–H groups in total. The van der Waals surface area contributed by atoms with Gasteiger partial charge in [0.2, 0.25) is 0 Å². The molecule has 0 atom stereocenters. The molecule has 0 radical (unpaired) electrons. The van der Waals surface area contributed by atoms with Gasteiger partial charge in [0.25, 0.3) is 6.71 Å². The molecule has 5 aromatic carbocycles. The molecule has 4 heteroatoms. The van der Waals surface area contributed by atoms with Crippen molar-refractivity contribution >= 4 is 45.0 Å². The van der Waals surface area contributed by atoms with Crippen LogP contribution in [0.4, 0.5) is 0 Å². The van der Waals surface area contributed by atoms with E-state index >= 15 is 0 Å². The first kappa shape index (κ1) is 18.0. The van der Waals surface area contributed by atoms with Crippen molar-refractivity contribution in [2.24, 2.45) is 0 Å². The van der Waals surface area contributed by atoms with Gasteiger partial charge in [0.1, 0.15) is 34.2 Å². The lowest BCUT2D eigenvalue weighted by Gasteiger charge is -2.33. The van der Waals surface area contributed by atoms with Crippen molar-refractivity contribution in [3.05, 3.63) is 103 Å². The Morgan fingerprint density at radius 3 is 2.15 bits per heavy atom. The summed E-state index contributed by atoms with van der Waals surface area (Å²) < 4.78 is 18.8. The van der Waals surface area contributed by atoms with Crippen LogP contribution < -0.4 is 25.9 Å². The van der Waals surface area contributed by atoms with Crippen molar-refractivity contribution < 1.29 is 13.9 Å². The molecule has 1 aromatic heterocycles. The summed E-state index contributed by atoms with van der Waals surface area (Å²) >= 11 is 0. The van der Waals surface area contributed by atoms with Crippen LogP contribution in [0.15, 0.2) is 108 Å². The van der Waals surface area contributed by atoms with Crippen LogP contribution >= 0.6 is 0 Å². The number of rotatable bonds is 1. The van der Waals surface area contributed by atoms with E-state index in [9.17, 15) is 0 Å². The van der Waals surface area contributed by atoms with Crippen LogP contribution in [0.25, 0.3) is 33.1 Å². The molecule has 0 saturated carbocycles. The number of furan rings is 1. The van der Waals surface area contributed by atoms with Crippen LogP contribution in [0.5, 0.6) is 23.0 Å². The Hall–Kier alpha value is -4.44. The third-order valence-corrected chi connectivity index (χ3v) is 7.02. The number of hydrogen-bond acceptors (Lipinski definition) is 3. The summed E-state index contributed by atoms with van der Waals surface area (Å²) in [5.41, 5.74) is 7.51. The maximum atomic E-state index is 6.37. The minimum atomic E-state index is 0.0557. The van der Waals surface area contributed by atoms with E-state index in [1.807, 2.05) is 48.5 Å². The van der Waals surface area contributed by atoms with Gasteiger partial charge in [-0.1, -0.05) is 66.7 Å². The summed E-state index contributed by atoms with van der Waals surface area (Å²) in [5, 5.41) is 2.27. The molecule has 3 heterocycles. The van der Waals surface area contributed by atoms with Gasteiger partial charge in [0, 0.05) is 16.2 Å². The molecule has 0 fully saturated rings. The van der Waals surface area contributed by atoms with Crippen molar-refractivity contribution in [1.82, 2.24) is 0 Å². The topological polar surface area (TPSA) is 31.6 Å². The van der Waals surface area contributed by atoms with Gasteiger partial charge < -0.3 is 13.9 Å². The molecule has 158 valence electrons. The van der Waals surface area contributed by atoms with E-state index in [0.717, 1.165) is 72.5 Å². The fourth-order valence-corrected chi connectivity index (χ4v) is 5.56. The SMILES string of the molecule is c1ccc2c(c1)Oc1cccc3c1B2c1cc(-c2cccc4oc5ccccc5c24)ccc1O3. The molecule has 0 spiro atoms. The second-order valence-corrected chi connectivity index (χ2v) is 8.87. The lowest BCUT2D eigenvalue weighted by molar-refractivity contribution is 0.464. The standard InChI is InChI=1S/C30H17BO3/c1-3-10-23-20(7-1)29-19(8-5-12-26(29)32-23)18-15-16-25-22(17-18)31-21-9-2-4-11-24(21)33-27-13-6-14-28(34-25)30(27)31/h1-17H. The maximum Gasteiger partial charge on any atom is 0.260 e. The molecular weight excluding hydrogens is 419 g/mol. The molecular formula is C30H17BO3. The second-order valence-electron chi connectivity index (χ2n) is 8.87. The summed E-state index contributed by atoms with van der Waals surface area (Å²) in [5.74, 6) is 3.51. The van der Waals surface area contributed by atoms with Crippen molar-refractivity contribution in [2.75, 3.05) is 0 Å². The van der Waals surface area contributed by atoms with Crippen molar-refractivity contribution in [3.63, 3.8) is 0 Å². The van der Waals surface area contributed by atoms with Crippen LogP contribution in [-0.4, -0.2) is 6.71 Å². The van der Waals surface area contributed by atoms with E-state index in [0.29, 0.717) is 0 Å². The van der Waals surface area contributed by atoms with Gasteiger partial charge in [0.05, 0.1) is 0 Å². The third-order valence-electron chi connectivity index (χ3n) is 7.02. The van der Waals surface area contributed by atoms with Gasteiger partial charge in [-0.25, -0.2) is 0 Å². The Kier molecular flexibility index (Phi) is 3.48. The first-order valence-electron chi connectivity index (χ1n) is 11.5. The zero-order valence-electron chi connectivity index (χ0n) is 18.1. The molecule has 3 nitrogen and oxygen atoms in total. The third kappa shape index (κ3) is 2.37. The number of fused-ring (bicyclic) bond motifs is 7. The van der Waals surface area contributed by atoms with Gasteiger partial charge in [-0.15, -0.1) is 0 Å². The smallest absolute Gasteiger partial charge is 0.260 e. The Bertz CT molecular complexity index is 1770. The quantitative estimate of drug-likeness (QED) is 0.297. The highest BCUT2D eigenvalue weighted by atomic mass is 16.5. The van der Waals surface area contributed by atoms with E-state index < -0.39 is 0 Å². The number of benzene rings is 5. The Labute approximate surface area is 196 Å². The summed E-state index contributed by atoms with van der Waals surface area (Å²) in [7, 11) is 0. The van der Waals surface area contributed by atoms with E-state index in [4.69, 9.17) is 13.9 Å². The first-order valence-corrected chi connectivity index (χ1v) is 11.5. The van der Waals surface area contributed by atoms with Gasteiger partial charge in [0.15, 0.2) is 0 Å². The fraction of sp³-hybridized carbons (Fsp3) is 0.